The van der Waals surface area contributed by atoms with Crippen molar-refractivity contribution < 1.29 is 18.3 Å². The van der Waals surface area contributed by atoms with E-state index in [2.05, 4.69) is 0 Å². The quantitative estimate of drug-likeness (QED) is 0.805. The van der Waals surface area contributed by atoms with Crippen LogP contribution in [0.15, 0.2) is 0 Å². The molecule has 2 unspecified atom stereocenters. The second-order valence-corrected chi connectivity index (χ2v) is 6.49. The molecule has 1 heterocycles. The highest BCUT2D eigenvalue weighted by Gasteiger charge is 2.38. The topological polar surface area (TPSA) is 77.9 Å². The Kier molecular flexibility index (Phi) is 5.12. The van der Waals surface area contributed by atoms with Gasteiger partial charge >= 0.3 is 5.97 Å². The molecule has 1 aliphatic rings. The average molecular weight is 278 g/mol. The number of rotatable bonds is 5. The Morgan fingerprint density at radius 3 is 2.33 bits per heavy atom. The zero-order valence-electron chi connectivity index (χ0n) is 11.2. The Hall–Kier alpha value is -0.660. The molecule has 0 aromatic rings. The van der Waals surface area contributed by atoms with Crippen molar-refractivity contribution in [3.05, 3.63) is 0 Å². The van der Waals surface area contributed by atoms with E-state index in [9.17, 15) is 13.2 Å². The number of carboxylic acid groups (broad SMARTS) is 1. The second kappa shape index (κ2) is 5.99. The highest BCUT2D eigenvalue weighted by molar-refractivity contribution is 7.86. The number of hydrogen-bond acceptors (Lipinski definition) is 3. The minimum Gasteiger partial charge on any atom is -0.481 e. The van der Waals surface area contributed by atoms with E-state index >= 15 is 0 Å². The predicted octanol–water partition coefficient (Wildman–Crippen LogP) is 0.758. The summed E-state index contributed by atoms with van der Waals surface area (Å²) in [7, 11) is -3.45. The molecule has 0 aromatic heterocycles. The van der Waals surface area contributed by atoms with Gasteiger partial charge < -0.3 is 5.11 Å². The number of aliphatic carboxylic acids is 1. The standard InChI is InChI=1S/C11H22N2O4S/c1-4-12(5-2)18(16,17)13-7-6-10(11(14)15)8-9(13)3/h9-10H,4-8H2,1-3H3,(H,14,15). The van der Waals surface area contributed by atoms with Crippen LogP contribution in [0, 0.1) is 5.92 Å². The van der Waals surface area contributed by atoms with E-state index in [1.54, 1.807) is 20.8 Å². The highest BCUT2D eigenvalue weighted by atomic mass is 32.2. The van der Waals surface area contributed by atoms with Crippen molar-refractivity contribution >= 4 is 16.2 Å². The molecule has 1 saturated heterocycles. The Morgan fingerprint density at radius 1 is 1.39 bits per heavy atom. The van der Waals surface area contributed by atoms with Crippen molar-refractivity contribution in [1.29, 1.82) is 0 Å². The molecular formula is C11H22N2O4S. The van der Waals surface area contributed by atoms with Gasteiger partial charge in [-0.3, -0.25) is 4.79 Å². The minimum atomic E-state index is -3.45. The summed E-state index contributed by atoms with van der Waals surface area (Å²) in [6, 6.07) is -0.259. The molecule has 7 heteroatoms. The normalized spacial score (nSPS) is 26.4. The molecule has 0 saturated carbocycles. The molecule has 1 rings (SSSR count). The van der Waals surface area contributed by atoms with Gasteiger partial charge in [0.2, 0.25) is 0 Å². The average Bonchev–Trinajstić information content (AvgIpc) is 2.29. The van der Waals surface area contributed by atoms with E-state index in [4.69, 9.17) is 5.11 Å². The van der Waals surface area contributed by atoms with Gasteiger partial charge in [0.05, 0.1) is 5.92 Å². The summed E-state index contributed by atoms with van der Waals surface area (Å²) in [5.41, 5.74) is 0. The summed E-state index contributed by atoms with van der Waals surface area (Å²) in [4.78, 5) is 10.9. The van der Waals surface area contributed by atoms with Crippen LogP contribution in [0.1, 0.15) is 33.6 Å². The van der Waals surface area contributed by atoms with Crippen molar-refractivity contribution in [3.63, 3.8) is 0 Å². The van der Waals surface area contributed by atoms with Gasteiger partial charge in [-0.15, -0.1) is 0 Å². The van der Waals surface area contributed by atoms with Crippen molar-refractivity contribution in [3.8, 4) is 0 Å². The van der Waals surface area contributed by atoms with Crippen LogP contribution in [-0.2, 0) is 15.0 Å². The zero-order valence-corrected chi connectivity index (χ0v) is 12.0. The van der Waals surface area contributed by atoms with Crippen molar-refractivity contribution in [2.75, 3.05) is 19.6 Å². The van der Waals surface area contributed by atoms with Gasteiger partial charge in [-0.25, -0.2) is 0 Å². The fraction of sp³-hybridized carbons (Fsp3) is 0.909. The van der Waals surface area contributed by atoms with Gasteiger partial charge in [-0.2, -0.15) is 17.0 Å². The van der Waals surface area contributed by atoms with Gasteiger partial charge in [0.1, 0.15) is 0 Å². The summed E-state index contributed by atoms with van der Waals surface area (Å²) >= 11 is 0. The van der Waals surface area contributed by atoms with E-state index in [0.29, 0.717) is 25.9 Å². The van der Waals surface area contributed by atoms with Crippen molar-refractivity contribution in [2.45, 2.75) is 39.7 Å². The Labute approximate surface area is 109 Å². The maximum Gasteiger partial charge on any atom is 0.306 e. The van der Waals surface area contributed by atoms with Gasteiger partial charge in [0.25, 0.3) is 10.2 Å². The lowest BCUT2D eigenvalue weighted by Crippen LogP contribution is -2.51. The third kappa shape index (κ3) is 3.02. The zero-order chi connectivity index (χ0) is 13.9. The first-order valence-electron chi connectivity index (χ1n) is 6.34. The van der Waals surface area contributed by atoms with Gasteiger partial charge in [0, 0.05) is 25.7 Å². The van der Waals surface area contributed by atoms with Gasteiger partial charge in [0.15, 0.2) is 0 Å². The number of carboxylic acids is 1. The molecule has 106 valence electrons. The summed E-state index contributed by atoms with van der Waals surface area (Å²) in [5, 5.41) is 8.97. The molecule has 0 bridgehead atoms. The molecule has 6 nitrogen and oxygen atoms in total. The van der Waals surface area contributed by atoms with Crippen LogP contribution in [0.25, 0.3) is 0 Å². The third-order valence-corrected chi connectivity index (χ3v) is 5.80. The smallest absolute Gasteiger partial charge is 0.306 e. The van der Waals surface area contributed by atoms with E-state index < -0.39 is 22.1 Å². The summed E-state index contributed by atoms with van der Waals surface area (Å²) in [5.74, 6) is -1.26. The largest absolute Gasteiger partial charge is 0.481 e. The van der Waals surface area contributed by atoms with Gasteiger partial charge in [-0.1, -0.05) is 13.8 Å². The fourth-order valence-corrected chi connectivity index (χ4v) is 4.24. The van der Waals surface area contributed by atoms with Crippen LogP contribution in [0.2, 0.25) is 0 Å². The van der Waals surface area contributed by atoms with Crippen LogP contribution < -0.4 is 0 Å². The van der Waals surface area contributed by atoms with Crippen LogP contribution in [0.5, 0.6) is 0 Å². The van der Waals surface area contributed by atoms with Crippen LogP contribution in [-0.4, -0.2) is 53.8 Å². The minimum absolute atomic E-state index is 0.259. The lowest BCUT2D eigenvalue weighted by atomic mass is 9.93. The van der Waals surface area contributed by atoms with Crippen molar-refractivity contribution in [2.24, 2.45) is 5.92 Å². The first kappa shape index (κ1) is 15.4. The van der Waals surface area contributed by atoms with Crippen molar-refractivity contribution in [1.82, 2.24) is 8.61 Å². The van der Waals surface area contributed by atoms with E-state index in [0.717, 1.165) is 0 Å². The summed E-state index contributed by atoms with van der Waals surface area (Å²) in [6.45, 7) is 6.54. The first-order valence-corrected chi connectivity index (χ1v) is 7.74. The Morgan fingerprint density at radius 2 is 1.94 bits per heavy atom. The molecule has 0 aliphatic carbocycles. The fourth-order valence-electron chi connectivity index (χ4n) is 2.42. The second-order valence-electron chi connectivity index (χ2n) is 4.61. The molecule has 1 aliphatic heterocycles. The molecule has 0 amide bonds. The molecule has 0 spiro atoms. The van der Waals surface area contributed by atoms with E-state index in [-0.39, 0.29) is 12.6 Å². The maximum atomic E-state index is 12.3. The lowest BCUT2D eigenvalue weighted by Gasteiger charge is -2.37. The lowest BCUT2D eigenvalue weighted by molar-refractivity contribution is -0.143. The summed E-state index contributed by atoms with van der Waals surface area (Å²) in [6.07, 6.45) is 0.774. The van der Waals surface area contributed by atoms with Crippen LogP contribution >= 0.6 is 0 Å². The van der Waals surface area contributed by atoms with Crippen LogP contribution in [0.3, 0.4) is 0 Å². The molecular weight excluding hydrogens is 256 g/mol. The molecule has 2 atom stereocenters. The first-order chi connectivity index (χ1) is 8.34. The number of nitrogens with zero attached hydrogens (tertiary/aromatic N) is 2. The number of piperidine rings is 1. The van der Waals surface area contributed by atoms with Crippen LogP contribution in [0.4, 0.5) is 0 Å². The Balaban J connectivity index is 2.83. The monoisotopic (exact) mass is 278 g/mol. The SMILES string of the molecule is CCN(CC)S(=O)(=O)N1CCC(C(=O)O)CC1C. The molecule has 1 fully saturated rings. The van der Waals surface area contributed by atoms with Gasteiger partial charge in [-0.05, 0) is 19.8 Å². The molecule has 1 N–H and O–H groups in total. The Bertz CT molecular complexity index is 392. The third-order valence-electron chi connectivity index (χ3n) is 3.49. The molecule has 18 heavy (non-hydrogen) atoms. The maximum absolute atomic E-state index is 12.3. The van der Waals surface area contributed by atoms with E-state index in [1.165, 1.54) is 8.61 Å². The molecule has 0 radical (unpaired) electrons. The number of hydrogen-bond donors (Lipinski definition) is 1. The highest BCUT2D eigenvalue weighted by Crippen LogP contribution is 2.26. The predicted molar refractivity (Wildman–Crippen MR) is 68.4 cm³/mol. The molecule has 0 aromatic carbocycles. The summed E-state index contributed by atoms with van der Waals surface area (Å²) < 4.78 is 27.5. The van der Waals surface area contributed by atoms with E-state index in [1.807, 2.05) is 0 Å². The number of carbonyl (C=O) groups is 1.